The lowest BCUT2D eigenvalue weighted by Gasteiger charge is -2.15. The van der Waals surface area contributed by atoms with Crippen molar-refractivity contribution in [2.24, 2.45) is 0 Å². The summed E-state index contributed by atoms with van der Waals surface area (Å²) in [6.07, 6.45) is -1.07. The highest BCUT2D eigenvalue weighted by Crippen LogP contribution is 2.28. The van der Waals surface area contributed by atoms with Crippen LogP contribution in [0.4, 0.5) is 4.39 Å². The summed E-state index contributed by atoms with van der Waals surface area (Å²) in [5.41, 5.74) is 2.00. The Balaban J connectivity index is 2.43. The van der Waals surface area contributed by atoms with Crippen molar-refractivity contribution in [2.45, 2.75) is 20.0 Å². The summed E-state index contributed by atoms with van der Waals surface area (Å²) < 4.78 is 18.9. The van der Waals surface area contributed by atoms with Crippen molar-refractivity contribution in [3.63, 3.8) is 0 Å². The fourth-order valence-corrected chi connectivity index (χ4v) is 1.87. The van der Waals surface area contributed by atoms with Crippen molar-refractivity contribution >= 4 is 0 Å². The molecular formula is C14H15FN2O2. The minimum atomic E-state index is -1.07. The maximum absolute atomic E-state index is 13.9. The van der Waals surface area contributed by atoms with E-state index in [2.05, 4.69) is 10.2 Å². The van der Waals surface area contributed by atoms with E-state index < -0.39 is 11.9 Å². The van der Waals surface area contributed by atoms with Gasteiger partial charge in [-0.2, -0.15) is 10.2 Å². The predicted molar refractivity (Wildman–Crippen MR) is 68.5 cm³/mol. The Hall–Kier alpha value is -2.01. The molecule has 1 heterocycles. The maximum atomic E-state index is 13.9. The summed E-state index contributed by atoms with van der Waals surface area (Å²) in [4.78, 5) is 0. The molecule has 5 heteroatoms. The highest BCUT2D eigenvalue weighted by atomic mass is 19.1. The number of ether oxygens (including phenoxy) is 1. The Kier molecular flexibility index (Phi) is 3.76. The van der Waals surface area contributed by atoms with Gasteiger partial charge in [0, 0.05) is 17.2 Å². The van der Waals surface area contributed by atoms with Gasteiger partial charge in [-0.25, -0.2) is 4.39 Å². The van der Waals surface area contributed by atoms with E-state index in [-0.39, 0.29) is 5.56 Å². The van der Waals surface area contributed by atoms with Crippen LogP contribution in [0.5, 0.6) is 5.75 Å². The van der Waals surface area contributed by atoms with Gasteiger partial charge in [-0.15, -0.1) is 0 Å². The van der Waals surface area contributed by atoms with Gasteiger partial charge in [-0.3, -0.25) is 0 Å². The largest absolute Gasteiger partial charge is 0.497 e. The first-order valence-electron chi connectivity index (χ1n) is 5.85. The molecule has 19 heavy (non-hydrogen) atoms. The molecule has 1 aromatic heterocycles. The number of hydrogen-bond acceptors (Lipinski definition) is 4. The fraction of sp³-hybridized carbons (Fsp3) is 0.286. The van der Waals surface area contributed by atoms with Crippen molar-refractivity contribution in [1.29, 1.82) is 0 Å². The predicted octanol–water partition coefficient (Wildman–Crippen LogP) is 2.32. The van der Waals surface area contributed by atoms with Crippen molar-refractivity contribution in [1.82, 2.24) is 10.2 Å². The van der Waals surface area contributed by atoms with Crippen molar-refractivity contribution in [2.75, 3.05) is 7.11 Å². The Bertz CT molecular complexity index is 602. The molecule has 100 valence electrons. The first kappa shape index (κ1) is 13.4. The number of benzene rings is 1. The van der Waals surface area contributed by atoms with Crippen LogP contribution in [-0.4, -0.2) is 22.4 Å². The van der Waals surface area contributed by atoms with E-state index in [1.54, 1.807) is 26.0 Å². The average molecular weight is 262 g/mol. The van der Waals surface area contributed by atoms with Crippen LogP contribution >= 0.6 is 0 Å². The van der Waals surface area contributed by atoms with E-state index in [0.29, 0.717) is 22.7 Å². The quantitative estimate of drug-likeness (QED) is 0.922. The number of hydrogen-bond donors (Lipinski definition) is 1. The summed E-state index contributed by atoms with van der Waals surface area (Å²) in [6.45, 7) is 3.50. The standard InChI is InChI=1S/C14H15FN2O2/c1-8-6-12(9(2)17-16-8)14(18)11-5-4-10(19-3)7-13(11)15/h4-7,14,18H,1-3H3. The van der Waals surface area contributed by atoms with Gasteiger partial charge < -0.3 is 9.84 Å². The van der Waals surface area contributed by atoms with E-state index >= 15 is 0 Å². The van der Waals surface area contributed by atoms with Crippen molar-refractivity contribution in [3.8, 4) is 5.75 Å². The molecule has 0 aliphatic heterocycles. The van der Waals surface area contributed by atoms with Crippen molar-refractivity contribution < 1.29 is 14.2 Å². The number of rotatable bonds is 3. The molecule has 0 fully saturated rings. The van der Waals surface area contributed by atoms with Crippen LogP contribution in [0.25, 0.3) is 0 Å². The summed E-state index contributed by atoms with van der Waals surface area (Å²) in [5.74, 6) is -0.102. The molecule has 0 radical (unpaired) electrons. The van der Waals surface area contributed by atoms with Crippen LogP contribution in [0.1, 0.15) is 28.6 Å². The average Bonchev–Trinajstić information content (AvgIpc) is 2.40. The van der Waals surface area contributed by atoms with E-state index in [1.165, 1.54) is 19.2 Å². The molecule has 0 spiro atoms. The Morgan fingerprint density at radius 1 is 1.16 bits per heavy atom. The highest BCUT2D eigenvalue weighted by Gasteiger charge is 2.18. The minimum absolute atomic E-state index is 0.191. The first-order chi connectivity index (χ1) is 9.02. The SMILES string of the molecule is COc1ccc(C(O)c2cc(C)nnc2C)c(F)c1. The number of aliphatic hydroxyl groups excluding tert-OH is 1. The van der Waals surface area contributed by atoms with E-state index in [1.807, 2.05) is 0 Å². The second kappa shape index (κ2) is 5.32. The third kappa shape index (κ3) is 2.71. The normalized spacial score (nSPS) is 12.3. The first-order valence-corrected chi connectivity index (χ1v) is 5.85. The monoisotopic (exact) mass is 262 g/mol. The zero-order chi connectivity index (χ0) is 14.0. The smallest absolute Gasteiger partial charge is 0.133 e. The summed E-state index contributed by atoms with van der Waals surface area (Å²) in [5, 5.41) is 18.1. The number of aromatic nitrogens is 2. The molecule has 0 bridgehead atoms. The number of halogens is 1. The van der Waals surface area contributed by atoms with Crippen molar-refractivity contribution in [3.05, 3.63) is 52.6 Å². The molecule has 0 aliphatic carbocycles. The molecule has 0 saturated heterocycles. The maximum Gasteiger partial charge on any atom is 0.133 e. The van der Waals surface area contributed by atoms with Gasteiger partial charge in [0.25, 0.3) is 0 Å². The lowest BCUT2D eigenvalue weighted by molar-refractivity contribution is 0.213. The second-order valence-electron chi connectivity index (χ2n) is 4.32. The van der Waals surface area contributed by atoms with Crippen LogP contribution in [-0.2, 0) is 0 Å². The molecule has 1 atom stereocenters. The van der Waals surface area contributed by atoms with Crippen LogP contribution in [0.15, 0.2) is 24.3 Å². The molecule has 1 N–H and O–H groups in total. The molecule has 0 saturated carbocycles. The number of aryl methyl sites for hydroxylation is 2. The lowest BCUT2D eigenvalue weighted by atomic mass is 10.00. The molecule has 2 rings (SSSR count). The van der Waals surface area contributed by atoms with Gasteiger partial charge in [-0.1, -0.05) is 0 Å². The molecule has 1 aromatic carbocycles. The van der Waals surface area contributed by atoms with E-state index in [9.17, 15) is 9.50 Å². The third-order valence-electron chi connectivity index (χ3n) is 2.94. The van der Waals surface area contributed by atoms with Gasteiger partial charge in [-0.05, 0) is 32.0 Å². The Morgan fingerprint density at radius 2 is 1.89 bits per heavy atom. The van der Waals surface area contributed by atoms with Gasteiger partial charge in [0.05, 0.1) is 18.5 Å². The molecule has 0 aliphatic rings. The van der Waals surface area contributed by atoms with E-state index in [0.717, 1.165) is 0 Å². The van der Waals surface area contributed by atoms with Crippen LogP contribution < -0.4 is 4.74 Å². The lowest BCUT2D eigenvalue weighted by Crippen LogP contribution is -2.07. The van der Waals surface area contributed by atoms with Gasteiger partial charge in [0.15, 0.2) is 0 Å². The minimum Gasteiger partial charge on any atom is -0.497 e. The molecule has 0 amide bonds. The fourth-order valence-electron chi connectivity index (χ4n) is 1.87. The number of methoxy groups -OCH3 is 1. The summed E-state index contributed by atoms with van der Waals surface area (Å²) in [6, 6.07) is 6.07. The molecule has 1 unspecified atom stereocenters. The molecule has 4 nitrogen and oxygen atoms in total. The number of nitrogens with zero attached hydrogens (tertiary/aromatic N) is 2. The Labute approximate surface area is 110 Å². The van der Waals surface area contributed by atoms with Gasteiger partial charge >= 0.3 is 0 Å². The Morgan fingerprint density at radius 3 is 2.53 bits per heavy atom. The number of aliphatic hydroxyl groups is 1. The molecular weight excluding hydrogens is 247 g/mol. The third-order valence-corrected chi connectivity index (χ3v) is 2.94. The second-order valence-corrected chi connectivity index (χ2v) is 4.32. The van der Waals surface area contributed by atoms with Crippen LogP contribution in [0.2, 0.25) is 0 Å². The zero-order valence-electron chi connectivity index (χ0n) is 11.0. The van der Waals surface area contributed by atoms with Gasteiger partial charge in [0.1, 0.15) is 17.7 Å². The van der Waals surface area contributed by atoms with Gasteiger partial charge in [0.2, 0.25) is 0 Å². The highest BCUT2D eigenvalue weighted by molar-refractivity contribution is 5.36. The zero-order valence-corrected chi connectivity index (χ0v) is 11.0. The summed E-state index contributed by atoms with van der Waals surface area (Å²) in [7, 11) is 1.46. The summed E-state index contributed by atoms with van der Waals surface area (Å²) >= 11 is 0. The topological polar surface area (TPSA) is 55.2 Å². The van der Waals surface area contributed by atoms with Crippen LogP contribution in [0.3, 0.4) is 0 Å². The molecule has 2 aromatic rings. The van der Waals surface area contributed by atoms with Crippen LogP contribution in [0, 0.1) is 19.7 Å². The van der Waals surface area contributed by atoms with E-state index in [4.69, 9.17) is 4.74 Å².